The summed E-state index contributed by atoms with van der Waals surface area (Å²) >= 11 is 0. The number of rotatable bonds is 6. The fraction of sp³-hybridized carbons (Fsp3) is 0.208. The molecule has 1 unspecified atom stereocenters. The number of methoxy groups -OCH3 is 1. The summed E-state index contributed by atoms with van der Waals surface area (Å²) in [5.74, 6) is 0.617. The SMILES string of the molecule is COc1nc(-c2cccc3c2OC(C(N)=O)CO3)ccc1Nc1ccc(C(=O)N(C)C)cc1. The van der Waals surface area contributed by atoms with Crippen molar-refractivity contribution in [3.05, 3.63) is 60.2 Å². The van der Waals surface area contributed by atoms with Crippen LogP contribution in [0.4, 0.5) is 11.4 Å². The molecule has 0 spiro atoms. The van der Waals surface area contributed by atoms with Crippen LogP contribution in [-0.4, -0.2) is 55.6 Å². The molecule has 0 saturated carbocycles. The van der Waals surface area contributed by atoms with Crippen molar-refractivity contribution >= 4 is 23.2 Å². The Balaban J connectivity index is 1.61. The Morgan fingerprint density at radius 2 is 1.88 bits per heavy atom. The summed E-state index contributed by atoms with van der Waals surface area (Å²) in [7, 11) is 4.95. The molecule has 1 atom stereocenters. The maximum Gasteiger partial charge on any atom is 0.262 e. The molecular weight excluding hydrogens is 424 g/mol. The lowest BCUT2D eigenvalue weighted by Gasteiger charge is -2.26. The van der Waals surface area contributed by atoms with Crippen LogP contribution in [0.15, 0.2) is 54.6 Å². The minimum absolute atomic E-state index is 0.0598. The van der Waals surface area contributed by atoms with Crippen molar-refractivity contribution in [3.63, 3.8) is 0 Å². The lowest BCUT2D eigenvalue weighted by Crippen LogP contribution is -2.41. The van der Waals surface area contributed by atoms with E-state index in [0.717, 1.165) is 5.69 Å². The predicted molar refractivity (Wildman–Crippen MR) is 123 cm³/mol. The van der Waals surface area contributed by atoms with Crippen LogP contribution in [0.3, 0.4) is 0 Å². The number of aromatic nitrogens is 1. The molecule has 1 aliphatic heterocycles. The number of nitrogens with zero attached hydrogens (tertiary/aromatic N) is 2. The molecular formula is C24H24N4O5. The van der Waals surface area contributed by atoms with Crippen LogP contribution in [0.5, 0.6) is 17.4 Å². The molecule has 3 N–H and O–H groups in total. The van der Waals surface area contributed by atoms with Gasteiger partial charge in [0.15, 0.2) is 11.5 Å². The average Bonchev–Trinajstić information content (AvgIpc) is 2.83. The fourth-order valence-electron chi connectivity index (χ4n) is 3.39. The van der Waals surface area contributed by atoms with E-state index in [1.165, 1.54) is 12.0 Å². The molecule has 9 nitrogen and oxygen atoms in total. The van der Waals surface area contributed by atoms with E-state index in [-0.39, 0.29) is 12.5 Å². The van der Waals surface area contributed by atoms with Crippen LogP contribution >= 0.6 is 0 Å². The number of hydrogen-bond acceptors (Lipinski definition) is 7. The van der Waals surface area contributed by atoms with Crippen LogP contribution in [0.1, 0.15) is 10.4 Å². The first-order chi connectivity index (χ1) is 15.9. The van der Waals surface area contributed by atoms with Gasteiger partial charge in [-0.1, -0.05) is 6.07 Å². The Kier molecular flexibility index (Phi) is 6.03. The molecule has 4 rings (SSSR count). The van der Waals surface area contributed by atoms with E-state index in [2.05, 4.69) is 10.3 Å². The van der Waals surface area contributed by atoms with Gasteiger partial charge in [0.25, 0.3) is 11.8 Å². The number of fused-ring (bicyclic) bond motifs is 1. The number of carbonyl (C=O) groups is 2. The number of nitrogens with two attached hydrogens (primary N) is 1. The summed E-state index contributed by atoms with van der Waals surface area (Å²) in [4.78, 5) is 29.8. The molecule has 0 saturated heterocycles. The number of hydrogen-bond donors (Lipinski definition) is 2. The summed E-state index contributed by atoms with van der Waals surface area (Å²) in [6.45, 7) is 0.0598. The molecule has 2 heterocycles. The van der Waals surface area contributed by atoms with E-state index in [4.69, 9.17) is 19.9 Å². The second-order valence-corrected chi connectivity index (χ2v) is 7.61. The second-order valence-electron chi connectivity index (χ2n) is 7.61. The van der Waals surface area contributed by atoms with Crippen molar-refractivity contribution in [3.8, 4) is 28.6 Å². The predicted octanol–water partition coefficient (Wildman–Crippen LogP) is 2.83. The smallest absolute Gasteiger partial charge is 0.262 e. The molecule has 2 amide bonds. The summed E-state index contributed by atoms with van der Waals surface area (Å²) < 4.78 is 16.9. The van der Waals surface area contributed by atoms with Gasteiger partial charge in [0.1, 0.15) is 12.3 Å². The molecule has 9 heteroatoms. The van der Waals surface area contributed by atoms with Crippen molar-refractivity contribution in [1.29, 1.82) is 0 Å². The highest BCUT2D eigenvalue weighted by Gasteiger charge is 2.28. The number of carbonyl (C=O) groups excluding carboxylic acids is 2. The topological polar surface area (TPSA) is 116 Å². The minimum Gasteiger partial charge on any atom is -0.485 e. The average molecular weight is 448 g/mol. The standard InChI is InChI=1S/C24H24N4O5/c1-28(2)24(30)14-7-9-15(10-8-14)26-18-12-11-17(27-23(18)31-3)16-5-4-6-19-21(16)33-20(13-32-19)22(25)29/h4-12,20,26H,13H2,1-3H3,(H2,25,29). The molecule has 1 aliphatic rings. The number of ether oxygens (including phenoxy) is 3. The van der Waals surface area contributed by atoms with Crippen LogP contribution in [0, 0.1) is 0 Å². The third-order valence-electron chi connectivity index (χ3n) is 5.09. The molecule has 170 valence electrons. The quantitative estimate of drug-likeness (QED) is 0.596. The van der Waals surface area contributed by atoms with Crippen molar-refractivity contribution in [2.45, 2.75) is 6.10 Å². The van der Waals surface area contributed by atoms with Gasteiger partial charge in [-0.15, -0.1) is 0 Å². The van der Waals surface area contributed by atoms with Gasteiger partial charge in [-0.2, -0.15) is 0 Å². The van der Waals surface area contributed by atoms with Gasteiger partial charge in [0.2, 0.25) is 12.0 Å². The van der Waals surface area contributed by atoms with Gasteiger partial charge in [0, 0.05) is 30.9 Å². The van der Waals surface area contributed by atoms with E-state index >= 15 is 0 Å². The van der Waals surface area contributed by atoms with E-state index in [1.54, 1.807) is 32.3 Å². The van der Waals surface area contributed by atoms with Crippen molar-refractivity contribution in [1.82, 2.24) is 9.88 Å². The lowest BCUT2D eigenvalue weighted by atomic mass is 10.1. The Bertz CT molecular complexity index is 1190. The van der Waals surface area contributed by atoms with Crippen molar-refractivity contribution in [2.75, 3.05) is 33.1 Å². The first kappa shape index (κ1) is 21.9. The van der Waals surface area contributed by atoms with E-state index in [1.807, 2.05) is 36.4 Å². The maximum absolute atomic E-state index is 12.1. The van der Waals surface area contributed by atoms with E-state index in [9.17, 15) is 9.59 Å². The maximum atomic E-state index is 12.1. The molecule has 33 heavy (non-hydrogen) atoms. The molecule has 3 aromatic rings. The number of amides is 2. The normalized spacial score (nSPS) is 14.3. The largest absolute Gasteiger partial charge is 0.485 e. The van der Waals surface area contributed by atoms with Crippen LogP contribution < -0.4 is 25.3 Å². The third kappa shape index (κ3) is 4.52. The molecule has 1 aromatic heterocycles. The zero-order chi connectivity index (χ0) is 23.5. The molecule has 0 aliphatic carbocycles. The van der Waals surface area contributed by atoms with Crippen molar-refractivity contribution in [2.24, 2.45) is 5.73 Å². The van der Waals surface area contributed by atoms with Crippen LogP contribution in [0.2, 0.25) is 0 Å². The summed E-state index contributed by atoms with van der Waals surface area (Å²) in [5.41, 5.74) is 8.62. The Hall–Kier alpha value is -4.27. The fourth-order valence-corrected chi connectivity index (χ4v) is 3.39. The van der Waals surface area contributed by atoms with Crippen LogP contribution in [-0.2, 0) is 4.79 Å². The Morgan fingerprint density at radius 3 is 2.55 bits per heavy atom. The number of benzene rings is 2. The van der Waals surface area contributed by atoms with Gasteiger partial charge in [-0.25, -0.2) is 4.98 Å². The monoisotopic (exact) mass is 448 g/mol. The van der Waals surface area contributed by atoms with Crippen LogP contribution in [0.25, 0.3) is 11.3 Å². The third-order valence-corrected chi connectivity index (χ3v) is 5.09. The summed E-state index contributed by atoms with van der Waals surface area (Å²) in [5, 5.41) is 3.25. The van der Waals surface area contributed by atoms with E-state index in [0.29, 0.717) is 39.9 Å². The van der Waals surface area contributed by atoms with E-state index < -0.39 is 12.0 Å². The Labute approximate surface area is 191 Å². The number of pyridine rings is 1. The second kappa shape index (κ2) is 9.07. The zero-order valence-corrected chi connectivity index (χ0v) is 18.5. The number of para-hydroxylation sites is 1. The summed E-state index contributed by atoms with van der Waals surface area (Å²) in [6, 6.07) is 16.2. The first-order valence-corrected chi connectivity index (χ1v) is 10.2. The van der Waals surface area contributed by atoms with Gasteiger partial charge in [0.05, 0.1) is 12.8 Å². The zero-order valence-electron chi connectivity index (χ0n) is 18.5. The molecule has 2 aromatic carbocycles. The van der Waals surface area contributed by atoms with Crippen molar-refractivity contribution < 1.29 is 23.8 Å². The highest BCUT2D eigenvalue weighted by Crippen LogP contribution is 2.41. The first-order valence-electron chi connectivity index (χ1n) is 10.2. The molecule has 0 bridgehead atoms. The lowest BCUT2D eigenvalue weighted by molar-refractivity contribution is -0.126. The van der Waals surface area contributed by atoms with Gasteiger partial charge in [-0.05, 0) is 48.5 Å². The number of anilines is 2. The highest BCUT2D eigenvalue weighted by molar-refractivity contribution is 5.94. The molecule has 0 fully saturated rings. The van der Waals surface area contributed by atoms with Gasteiger partial charge in [-0.3, -0.25) is 9.59 Å². The Morgan fingerprint density at radius 1 is 1.12 bits per heavy atom. The van der Waals surface area contributed by atoms with Gasteiger partial charge >= 0.3 is 0 Å². The minimum atomic E-state index is -0.871. The number of primary amides is 1. The number of nitrogens with one attached hydrogen (secondary N) is 1. The highest BCUT2D eigenvalue weighted by atomic mass is 16.6. The molecule has 0 radical (unpaired) electrons. The summed E-state index contributed by atoms with van der Waals surface area (Å²) in [6.07, 6.45) is -0.871. The van der Waals surface area contributed by atoms with Gasteiger partial charge < -0.3 is 30.2 Å².